The van der Waals surface area contributed by atoms with E-state index in [9.17, 15) is 4.79 Å². The van der Waals surface area contributed by atoms with Gasteiger partial charge in [-0.15, -0.1) is 0 Å². The number of hydrogen-bond acceptors (Lipinski definition) is 2. The highest BCUT2D eigenvalue weighted by atomic mass is 35.5. The zero-order valence-corrected chi connectivity index (χ0v) is 9.63. The number of nitrogens with one attached hydrogen (secondary N) is 1. The van der Waals surface area contributed by atoms with Crippen molar-refractivity contribution in [3.8, 4) is 0 Å². The van der Waals surface area contributed by atoms with Gasteiger partial charge in [0, 0.05) is 11.6 Å². The van der Waals surface area contributed by atoms with E-state index in [0.29, 0.717) is 6.54 Å². The Bertz CT molecular complexity index is 443. The molecule has 1 aliphatic carbocycles. The third-order valence-corrected chi connectivity index (χ3v) is 3.32. The number of anilines is 2. The van der Waals surface area contributed by atoms with Crippen molar-refractivity contribution in [3.05, 3.63) is 23.2 Å². The average molecular weight is 237 g/mol. The number of carbonyl (C=O) groups is 1. The molecule has 1 aliphatic heterocycles. The monoisotopic (exact) mass is 236 g/mol. The van der Waals surface area contributed by atoms with Gasteiger partial charge in [0.2, 0.25) is 5.91 Å². The van der Waals surface area contributed by atoms with Crippen LogP contribution in [-0.2, 0) is 4.79 Å². The summed E-state index contributed by atoms with van der Waals surface area (Å²) < 4.78 is 0. The summed E-state index contributed by atoms with van der Waals surface area (Å²) in [6.07, 6.45) is 2.57. The van der Waals surface area contributed by atoms with Crippen molar-refractivity contribution in [2.75, 3.05) is 23.3 Å². The summed E-state index contributed by atoms with van der Waals surface area (Å²) in [7, 11) is 0. The van der Waals surface area contributed by atoms with Gasteiger partial charge in [-0.05, 0) is 37.0 Å². The van der Waals surface area contributed by atoms with Crippen molar-refractivity contribution >= 4 is 28.9 Å². The lowest BCUT2D eigenvalue weighted by Crippen LogP contribution is -2.39. The van der Waals surface area contributed by atoms with Crippen LogP contribution in [-0.4, -0.2) is 19.0 Å². The molecule has 3 rings (SSSR count). The van der Waals surface area contributed by atoms with Crippen molar-refractivity contribution in [3.63, 3.8) is 0 Å². The number of hydrogen-bond donors (Lipinski definition) is 1. The molecular weight excluding hydrogens is 224 g/mol. The van der Waals surface area contributed by atoms with E-state index in [1.807, 2.05) is 12.1 Å². The molecule has 1 amide bonds. The minimum Gasteiger partial charge on any atom is -0.360 e. The topological polar surface area (TPSA) is 32.3 Å². The fourth-order valence-corrected chi connectivity index (χ4v) is 2.26. The number of rotatable bonds is 2. The van der Waals surface area contributed by atoms with Crippen LogP contribution in [0.2, 0.25) is 5.02 Å². The van der Waals surface area contributed by atoms with Crippen LogP contribution in [0.5, 0.6) is 0 Å². The molecule has 0 atom stereocenters. The van der Waals surface area contributed by atoms with Crippen molar-refractivity contribution in [2.45, 2.75) is 12.8 Å². The summed E-state index contributed by atoms with van der Waals surface area (Å²) in [4.78, 5) is 13.7. The maximum atomic E-state index is 11.5. The van der Waals surface area contributed by atoms with E-state index in [1.54, 1.807) is 6.07 Å². The summed E-state index contributed by atoms with van der Waals surface area (Å²) in [5.41, 5.74) is 1.93. The van der Waals surface area contributed by atoms with E-state index >= 15 is 0 Å². The molecule has 1 fully saturated rings. The average Bonchev–Trinajstić information content (AvgIpc) is 3.03. The number of amides is 1. The lowest BCUT2D eigenvalue weighted by Gasteiger charge is -2.31. The van der Waals surface area contributed by atoms with Gasteiger partial charge >= 0.3 is 0 Å². The predicted molar refractivity (Wildman–Crippen MR) is 65.0 cm³/mol. The molecule has 1 N–H and O–H groups in total. The quantitative estimate of drug-likeness (QED) is 0.856. The fraction of sp³-hybridized carbons (Fsp3) is 0.417. The van der Waals surface area contributed by atoms with Crippen LogP contribution in [0.4, 0.5) is 11.4 Å². The lowest BCUT2D eigenvalue weighted by atomic mass is 10.2. The van der Waals surface area contributed by atoms with Gasteiger partial charge in [-0.2, -0.15) is 0 Å². The van der Waals surface area contributed by atoms with Crippen molar-refractivity contribution < 1.29 is 4.79 Å². The Labute approximate surface area is 99.4 Å². The molecule has 4 heteroatoms. The number of benzene rings is 1. The maximum Gasteiger partial charge on any atom is 0.243 e. The van der Waals surface area contributed by atoms with Crippen LogP contribution in [0.25, 0.3) is 0 Å². The third-order valence-electron chi connectivity index (χ3n) is 3.08. The van der Waals surface area contributed by atoms with Gasteiger partial charge < -0.3 is 10.2 Å². The van der Waals surface area contributed by atoms with Crippen LogP contribution in [0.1, 0.15) is 12.8 Å². The fourth-order valence-electron chi connectivity index (χ4n) is 2.10. The Morgan fingerprint density at radius 1 is 1.44 bits per heavy atom. The first kappa shape index (κ1) is 9.97. The normalized spacial score (nSPS) is 19.3. The first-order valence-electron chi connectivity index (χ1n) is 5.57. The molecule has 1 heterocycles. The van der Waals surface area contributed by atoms with Crippen LogP contribution in [0.15, 0.2) is 18.2 Å². The highest BCUT2D eigenvalue weighted by molar-refractivity contribution is 6.31. The second-order valence-electron chi connectivity index (χ2n) is 4.53. The number of halogens is 1. The molecule has 1 aromatic rings. The van der Waals surface area contributed by atoms with E-state index in [-0.39, 0.29) is 5.91 Å². The molecule has 0 aromatic heterocycles. The molecule has 3 nitrogen and oxygen atoms in total. The Morgan fingerprint density at radius 3 is 3.00 bits per heavy atom. The van der Waals surface area contributed by atoms with Crippen LogP contribution >= 0.6 is 11.6 Å². The van der Waals surface area contributed by atoms with Crippen LogP contribution < -0.4 is 10.2 Å². The molecule has 0 bridgehead atoms. The zero-order valence-electron chi connectivity index (χ0n) is 8.87. The summed E-state index contributed by atoms with van der Waals surface area (Å²) in [6.45, 7) is 1.42. The second kappa shape index (κ2) is 3.67. The molecule has 0 saturated heterocycles. The highest BCUT2D eigenvalue weighted by Gasteiger charge is 2.29. The van der Waals surface area contributed by atoms with Crippen molar-refractivity contribution in [1.82, 2.24) is 0 Å². The number of fused-ring (bicyclic) bond motifs is 1. The Kier molecular flexibility index (Phi) is 2.28. The van der Waals surface area contributed by atoms with Crippen molar-refractivity contribution in [1.29, 1.82) is 0 Å². The maximum absolute atomic E-state index is 11.5. The second-order valence-corrected chi connectivity index (χ2v) is 4.97. The summed E-state index contributed by atoms with van der Waals surface area (Å²) in [5, 5.41) is 3.59. The summed E-state index contributed by atoms with van der Waals surface area (Å²) >= 11 is 5.99. The van der Waals surface area contributed by atoms with E-state index in [4.69, 9.17) is 11.6 Å². The van der Waals surface area contributed by atoms with Gasteiger partial charge in [0.05, 0.1) is 17.9 Å². The minimum atomic E-state index is 0.0653. The van der Waals surface area contributed by atoms with E-state index in [1.165, 1.54) is 12.8 Å². The lowest BCUT2D eigenvalue weighted by molar-refractivity contribution is -0.115. The Morgan fingerprint density at radius 2 is 2.25 bits per heavy atom. The standard InChI is InChI=1S/C12H13ClN2O/c13-9-3-4-10-11(5-9)15(6-8-1-2-8)7-12(16)14-10/h3-5,8H,1-2,6-7H2,(H,14,16). The first-order valence-corrected chi connectivity index (χ1v) is 5.94. The predicted octanol–water partition coefficient (Wildman–Crippen LogP) is 2.51. The molecule has 2 aliphatic rings. The smallest absolute Gasteiger partial charge is 0.243 e. The van der Waals surface area contributed by atoms with Gasteiger partial charge in [-0.25, -0.2) is 0 Å². The van der Waals surface area contributed by atoms with Gasteiger partial charge in [-0.1, -0.05) is 11.6 Å². The van der Waals surface area contributed by atoms with Gasteiger partial charge in [0.25, 0.3) is 0 Å². The molecule has 0 radical (unpaired) electrons. The Balaban J connectivity index is 1.94. The molecular formula is C12H13ClN2O. The Hall–Kier alpha value is -1.22. The summed E-state index contributed by atoms with van der Waals surface area (Å²) in [5.74, 6) is 0.827. The molecule has 0 unspecified atom stereocenters. The van der Waals surface area contributed by atoms with Gasteiger partial charge in [-0.3, -0.25) is 4.79 Å². The highest BCUT2D eigenvalue weighted by Crippen LogP contribution is 2.36. The molecule has 1 saturated carbocycles. The largest absolute Gasteiger partial charge is 0.360 e. The molecule has 16 heavy (non-hydrogen) atoms. The van der Waals surface area contributed by atoms with E-state index in [2.05, 4.69) is 10.2 Å². The van der Waals surface area contributed by atoms with Crippen LogP contribution in [0.3, 0.4) is 0 Å². The SMILES string of the molecule is O=C1CN(CC2CC2)c2cc(Cl)ccc2N1. The number of carbonyl (C=O) groups excluding carboxylic acids is 1. The molecule has 1 aromatic carbocycles. The first-order chi connectivity index (χ1) is 7.72. The van der Waals surface area contributed by atoms with Gasteiger partial charge in [0.1, 0.15) is 0 Å². The van der Waals surface area contributed by atoms with E-state index in [0.717, 1.165) is 28.9 Å². The van der Waals surface area contributed by atoms with E-state index < -0.39 is 0 Å². The zero-order chi connectivity index (χ0) is 11.1. The minimum absolute atomic E-state index is 0.0653. The third kappa shape index (κ3) is 1.87. The van der Waals surface area contributed by atoms with Crippen molar-refractivity contribution in [2.24, 2.45) is 5.92 Å². The number of nitrogens with zero attached hydrogens (tertiary/aromatic N) is 1. The van der Waals surface area contributed by atoms with Gasteiger partial charge in [0.15, 0.2) is 0 Å². The summed E-state index contributed by atoms with van der Waals surface area (Å²) in [6, 6.07) is 5.61. The molecule has 84 valence electrons. The molecule has 0 spiro atoms. The van der Waals surface area contributed by atoms with Crippen LogP contribution in [0, 0.1) is 5.92 Å².